The van der Waals surface area contributed by atoms with Gasteiger partial charge in [0.25, 0.3) is 0 Å². The highest BCUT2D eigenvalue weighted by atomic mass is 79.9. The number of amides is 1. The summed E-state index contributed by atoms with van der Waals surface area (Å²) in [7, 11) is 0. The highest BCUT2D eigenvalue weighted by Crippen LogP contribution is 2.34. The minimum absolute atomic E-state index is 0.0771. The lowest BCUT2D eigenvalue weighted by atomic mass is 9.93. The van der Waals surface area contributed by atoms with E-state index in [9.17, 15) is 4.79 Å². The van der Waals surface area contributed by atoms with Gasteiger partial charge >= 0.3 is 0 Å². The number of hydrogen-bond acceptors (Lipinski definition) is 3. The zero-order valence-electron chi connectivity index (χ0n) is 12.3. The summed E-state index contributed by atoms with van der Waals surface area (Å²) in [6.45, 7) is 5.96. The van der Waals surface area contributed by atoms with Gasteiger partial charge in [-0.05, 0) is 59.4 Å². The number of nitrogens with zero attached hydrogens (tertiary/aromatic N) is 1. The Bertz CT molecular complexity index is 522. The quantitative estimate of drug-likeness (QED) is 0.874. The molecule has 4 nitrogen and oxygen atoms in total. The molecule has 0 bridgehead atoms. The summed E-state index contributed by atoms with van der Waals surface area (Å²) < 4.78 is 0.924. The van der Waals surface area contributed by atoms with Gasteiger partial charge in [0, 0.05) is 17.1 Å². The molecule has 0 aliphatic carbocycles. The number of likely N-dealkylation sites (tertiary alicyclic amines) is 1. The third-order valence-corrected chi connectivity index (χ3v) is 5.43. The molecular weight excluding hydrogens is 330 g/mol. The number of hydrogen-bond donors (Lipinski definition) is 2. The second kappa shape index (κ2) is 6.46. The Morgan fingerprint density at radius 1 is 1.43 bits per heavy atom. The van der Waals surface area contributed by atoms with Crippen LogP contribution < -0.4 is 10.6 Å². The molecule has 1 aromatic rings. The monoisotopic (exact) mass is 351 g/mol. The molecule has 1 aromatic carbocycles. The molecule has 21 heavy (non-hydrogen) atoms. The molecule has 114 valence electrons. The van der Waals surface area contributed by atoms with Crippen LogP contribution >= 0.6 is 15.9 Å². The average molecular weight is 352 g/mol. The first-order valence-electron chi connectivity index (χ1n) is 7.68. The van der Waals surface area contributed by atoms with E-state index in [-0.39, 0.29) is 5.91 Å². The molecule has 2 fully saturated rings. The number of halogens is 1. The van der Waals surface area contributed by atoms with E-state index in [0.717, 1.165) is 36.2 Å². The summed E-state index contributed by atoms with van der Waals surface area (Å²) in [5.74, 6) is 1.51. The van der Waals surface area contributed by atoms with Gasteiger partial charge < -0.3 is 10.6 Å². The number of carbonyl (C=O) groups is 1. The topological polar surface area (TPSA) is 44.4 Å². The number of nitrogens with one attached hydrogen (secondary N) is 2. The molecule has 3 unspecified atom stereocenters. The van der Waals surface area contributed by atoms with Crippen molar-refractivity contribution < 1.29 is 4.79 Å². The number of carbonyl (C=O) groups excluding carboxylic acids is 1. The molecule has 0 spiro atoms. The molecule has 0 radical (unpaired) electrons. The van der Waals surface area contributed by atoms with Crippen LogP contribution in [-0.4, -0.2) is 43.0 Å². The minimum atomic E-state index is 0.0771. The van der Waals surface area contributed by atoms with Crippen LogP contribution in [0.3, 0.4) is 0 Å². The standard InChI is InChI=1S/C16H22BrN3O/c1-2-15-12-8-18-7-11(12)9-20(15)10-16(21)19-14-6-4-3-5-13(14)17/h3-6,11-12,15,18H,2,7-10H2,1H3,(H,19,21). The maximum absolute atomic E-state index is 12.3. The van der Waals surface area contributed by atoms with Crippen molar-refractivity contribution in [1.29, 1.82) is 0 Å². The van der Waals surface area contributed by atoms with Gasteiger partial charge in [-0.1, -0.05) is 19.1 Å². The van der Waals surface area contributed by atoms with Crippen molar-refractivity contribution in [3.8, 4) is 0 Å². The second-order valence-corrected chi connectivity index (χ2v) is 6.87. The van der Waals surface area contributed by atoms with Gasteiger partial charge in [-0.25, -0.2) is 0 Å². The third-order valence-electron chi connectivity index (χ3n) is 4.74. The smallest absolute Gasteiger partial charge is 0.238 e. The maximum atomic E-state index is 12.3. The van der Waals surface area contributed by atoms with Crippen LogP contribution in [0.2, 0.25) is 0 Å². The van der Waals surface area contributed by atoms with Gasteiger partial charge in [0.05, 0.1) is 12.2 Å². The lowest BCUT2D eigenvalue weighted by molar-refractivity contribution is -0.117. The Labute approximate surface area is 134 Å². The summed E-state index contributed by atoms with van der Waals surface area (Å²) in [5, 5.41) is 6.48. The number of benzene rings is 1. The molecule has 3 rings (SSSR count). The molecule has 1 amide bonds. The molecule has 3 atom stereocenters. The van der Waals surface area contributed by atoms with E-state index in [0.29, 0.717) is 24.4 Å². The fourth-order valence-corrected chi connectivity index (χ4v) is 4.17. The van der Waals surface area contributed by atoms with Gasteiger partial charge in [0.1, 0.15) is 0 Å². The normalized spacial score (nSPS) is 28.6. The third kappa shape index (κ3) is 3.15. The van der Waals surface area contributed by atoms with E-state index in [1.807, 2.05) is 24.3 Å². The Morgan fingerprint density at radius 2 is 2.24 bits per heavy atom. The molecule has 2 heterocycles. The van der Waals surface area contributed by atoms with Gasteiger partial charge in [-0.3, -0.25) is 9.69 Å². The van der Waals surface area contributed by atoms with Crippen molar-refractivity contribution in [3.63, 3.8) is 0 Å². The first-order chi connectivity index (χ1) is 10.2. The summed E-state index contributed by atoms with van der Waals surface area (Å²) >= 11 is 3.47. The minimum Gasteiger partial charge on any atom is -0.324 e. The SMILES string of the molecule is CCC1C2CNCC2CN1CC(=O)Nc1ccccc1Br. The van der Waals surface area contributed by atoms with Crippen LogP contribution in [0.15, 0.2) is 28.7 Å². The van der Waals surface area contributed by atoms with Crippen LogP contribution in [0.4, 0.5) is 5.69 Å². The molecule has 2 N–H and O–H groups in total. The van der Waals surface area contributed by atoms with E-state index >= 15 is 0 Å². The first-order valence-corrected chi connectivity index (χ1v) is 8.47. The van der Waals surface area contributed by atoms with E-state index in [1.54, 1.807) is 0 Å². The maximum Gasteiger partial charge on any atom is 0.238 e. The zero-order chi connectivity index (χ0) is 14.8. The lowest BCUT2D eigenvalue weighted by Gasteiger charge is -2.26. The van der Waals surface area contributed by atoms with Crippen molar-refractivity contribution in [2.24, 2.45) is 11.8 Å². The Kier molecular flexibility index (Phi) is 4.62. The molecule has 2 aliphatic rings. The predicted octanol–water partition coefficient (Wildman–Crippen LogP) is 2.32. The Morgan fingerprint density at radius 3 is 3.00 bits per heavy atom. The van der Waals surface area contributed by atoms with Gasteiger partial charge in [-0.2, -0.15) is 0 Å². The lowest BCUT2D eigenvalue weighted by Crippen LogP contribution is -2.40. The second-order valence-electron chi connectivity index (χ2n) is 6.02. The Balaban J connectivity index is 1.61. The summed E-state index contributed by atoms with van der Waals surface area (Å²) in [5.41, 5.74) is 0.844. The van der Waals surface area contributed by atoms with Crippen molar-refractivity contribution >= 4 is 27.5 Å². The predicted molar refractivity (Wildman–Crippen MR) is 88.3 cm³/mol. The van der Waals surface area contributed by atoms with Crippen molar-refractivity contribution in [3.05, 3.63) is 28.7 Å². The molecule has 2 saturated heterocycles. The average Bonchev–Trinajstić information content (AvgIpc) is 3.01. The van der Waals surface area contributed by atoms with Crippen molar-refractivity contribution in [2.75, 3.05) is 31.5 Å². The summed E-state index contributed by atoms with van der Waals surface area (Å²) in [6, 6.07) is 8.27. The van der Waals surface area contributed by atoms with Crippen LogP contribution in [-0.2, 0) is 4.79 Å². The van der Waals surface area contributed by atoms with Crippen LogP contribution in [0.25, 0.3) is 0 Å². The van der Waals surface area contributed by atoms with E-state index in [2.05, 4.69) is 38.4 Å². The Hall–Kier alpha value is -0.910. The number of fused-ring (bicyclic) bond motifs is 1. The molecule has 0 aromatic heterocycles. The van der Waals surface area contributed by atoms with Crippen molar-refractivity contribution in [1.82, 2.24) is 10.2 Å². The van der Waals surface area contributed by atoms with Crippen LogP contribution in [0.5, 0.6) is 0 Å². The first kappa shape index (κ1) is 15.0. The molecule has 0 saturated carbocycles. The number of anilines is 1. The van der Waals surface area contributed by atoms with Crippen LogP contribution in [0.1, 0.15) is 13.3 Å². The number of para-hydroxylation sites is 1. The van der Waals surface area contributed by atoms with Crippen LogP contribution in [0, 0.1) is 11.8 Å². The van der Waals surface area contributed by atoms with Gasteiger partial charge in [-0.15, -0.1) is 0 Å². The van der Waals surface area contributed by atoms with Crippen molar-refractivity contribution in [2.45, 2.75) is 19.4 Å². The zero-order valence-corrected chi connectivity index (χ0v) is 13.9. The molecule has 2 aliphatic heterocycles. The van der Waals surface area contributed by atoms with E-state index < -0.39 is 0 Å². The number of rotatable bonds is 4. The summed E-state index contributed by atoms with van der Waals surface area (Å²) in [4.78, 5) is 14.7. The van der Waals surface area contributed by atoms with E-state index in [4.69, 9.17) is 0 Å². The summed E-state index contributed by atoms with van der Waals surface area (Å²) in [6.07, 6.45) is 1.12. The fraction of sp³-hybridized carbons (Fsp3) is 0.562. The van der Waals surface area contributed by atoms with Gasteiger partial charge in [0.15, 0.2) is 0 Å². The van der Waals surface area contributed by atoms with E-state index in [1.165, 1.54) is 0 Å². The highest BCUT2D eigenvalue weighted by Gasteiger charge is 2.43. The molecular formula is C16H22BrN3O. The largest absolute Gasteiger partial charge is 0.324 e. The highest BCUT2D eigenvalue weighted by molar-refractivity contribution is 9.10. The fourth-order valence-electron chi connectivity index (χ4n) is 3.79. The molecule has 5 heteroatoms. The van der Waals surface area contributed by atoms with Gasteiger partial charge in [0.2, 0.25) is 5.91 Å².